The van der Waals surface area contributed by atoms with Crippen LogP contribution in [0.4, 0.5) is 0 Å². The van der Waals surface area contributed by atoms with Gasteiger partial charge in [-0.25, -0.2) is 5.48 Å². The smallest absolute Gasteiger partial charge is 0.307 e. The highest BCUT2D eigenvalue weighted by molar-refractivity contribution is 5.84. The molecule has 0 aliphatic carbocycles. The number of nitrogens with one attached hydrogen (secondary N) is 1. The van der Waals surface area contributed by atoms with Crippen molar-refractivity contribution in [3.63, 3.8) is 0 Å². The summed E-state index contributed by atoms with van der Waals surface area (Å²) < 4.78 is 0. The third kappa shape index (κ3) is 6.01. The quantitative estimate of drug-likeness (QED) is 0.639. The second-order valence-corrected chi connectivity index (χ2v) is 6.22. The molecule has 0 radical (unpaired) electrons. The summed E-state index contributed by atoms with van der Waals surface area (Å²) in [6.07, 6.45) is 1.46. The van der Waals surface area contributed by atoms with E-state index in [0.29, 0.717) is 19.3 Å². The Bertz CT molecular complexity index is 688. The molecule has 0 unspecified atom stereocenters. The Balaban J connectivity index is 1.91. The van der Waals surface area contributed by atoms with Gasteiger partial charge in [-0.15, -0.1) is 0 Å². The highest BCUT2D eigenvalue weighted by Crippen LogP contribution is 2.22. The van der Waals surface area contributed by atoms with Gasteiger partial charge in [0.25, 0.3) is 0 Å². The second kappa shape index (κ2) is 10.4. The number of carboxylic acid groups (broad SMARTS) is 1. The van der Waals surface area contributed by atoms with Gasteiger partial charge in [0.15, 0.2) is 0 Å². The minimum atomic E-state index is -0.953. The summed E-state index contributed by atoms with van der Waals surface area (Å²) in [7, 11) is 0. The topological polar surface area (TPSA) is 75.6 Å². The molecule has 0 spiro atoms. The molecule has 2 N–H and O–H groups in total. The van der Waals surface area contributed by atoms with Crippen molar-refractivity contribution in [1.82, 2.24) is 5.48 Å². The monoisotopic (exact) mass is 355 g/mol. The Morgan fingerprint density at radius 3 is 2.08 bits per heavy atom. The van der Waals surface area contributed by atoms with Crippen LogP contribution < -0.4 is 5.48 Å². The largest absolute Gasteiger partial charge is 0.481 e. The zero-order valence-corrected chi connectivity index (χ0v) is 14.9. The number of carbonyl (C=O) groups is 2. The maximum absolute atomic E-state index is 12.4. The number of rotatable bonds is 10. The predicted molar refractivity (Wildman–Crippen MR) is 99.0 cm³/mol. The molecule has 0 aromatic heterocycles. The van der Waals surface area contributed by atoms with Crippen LogP contribution in [-0.4, -0.2) is 17.0 Å². The highest BCUT2D eigenvalue weighted by Gasteiger charge is 2.32. The van der Waals surface area contributed by atoms with Crippen LogP contribution in [0.25, 0.3) is 0 Å². The summed E-state index contributed by atoms with van der Waals surface area (Å²) in [5, 5.41) is 9.58. The van der Waals surface area contributed by atoms with E-state index in [-0.39, 0.29) is 12.5 Å². The molecule has 0 aliphatic rings. The predicted octanol–water partition coefficient (Wildman–Crippen LogP) is 3.59. The molecule has 1 amide bonds. The molecule has 0 aliphatic heterocycles. The van der Waals surface area contributed by atoms with Crippen LogP contribution >= 0.6 is 0 Å². The number of carbonyl (C=O) groups excluding carboxylic acids is 1. The lowest BCUT2D eigenvalue weighted by Crippen LogP contribution is -2.38. The van der Waals surface area contributed by atoms with Crippen molar-refractivity contribution >= 4 is 11.9 Å². The third-order valence-electron chi connectivity index (χ3n) is 4.42. The Kier molecular flexibility index (Phi) is 7.83. The van der Waals surface area contributed by atoms with E-state index in [4.69, 9.17) is 4.84 Å². The van der Waals surface area contributed by atoms with Crippen molar-refractivity contribution < 1.29 is 19.5 Å². The highest BCUT2D eigenvalue weighted by atomic mass is 16.6. The van der Waals surface area contributed by atoms with Crippen molar-refractivity contribution in [1.29, 1.82) is 0 Å². The number of hydrogen-bond acceptors (Lipinski definition) is 3. The summed E-state index contributed by atoms with van der Waals surface area (Å²) in [5.74, 6) is -2.72. The number of aliphatic carboxylic acids is 1. The number of amides is 1. The molecule has 5 heteroatoms. The molecule has 0 fully saturated rings. The van der Waals surface area contributed by atoms with Crippen molar-refractivity contribution in [3.8, 4) is 0 Å². The summed E-state index contributed by atoms with van der Waals surface area (Å²) in [6, 6.07) is 19.2. The average Bonchev–Trinajstić information content (AvgIpc) is 2.66. The maximum atomic E-state index is 12.4. The van der Waals surface area contributed by atoms with Crippen LogP contribution in [0.5, 0.6) is 0 Å². The summed E-state index contributed by atoms with van der Waals surface area (Å²) in [5.41, 5.74) is 4.41. The zero-order chi connectivity index (χ0) is 18.8. The van der Waals surface area contributed by atoms with Crippen molar-refractivity contribution in [2.45, 2.75) is 32.8 Å². The van der Waals surface area contributed by atoms with Gasteiger partial charge < -0.3 is 5.11 Å². The number of carboxylic acids is 1. The number of aryl methyl sites for hydroxylation is 1. The molecule has 2 rings (SSSR count). The van der Waals surface area contributed by atoms with E-state index in [1.54, 1.807) is 0 Å². The standard InChI is InChI=1S/C21H25NO4/c1-2-18(20(23)22-26-15-17-11-7-4-8-12-17)19(21(24)25)14-13-16-9-5-3-6-10-16/h3-12,18-19H,2,13-15H2,1H3,(H,22,23)(H,24,25)/t18-,19-/m1/s1. The summed E-state index contributed by atoms with van der Waals surface area (Å²) in [6.45, 7) is 2.06. The Morgan fingerprint density at radius 2 is 1.54 bits per heavy atom. The van der Waals surface area contributed by atoms with Gasteiger partial charge in [-0.3, -0.25) is 14.4 Å². The summed E-state index contributed by atoms with van der Waals surface area (Å²) in [4.78, 5) is 29.4. The molecular weight excluding hydrogens is 330 g/mol. The molecule has 2 aromatic rings. The van der Waals surface area contributed by atoms with E-state index < -0.39 is 17.8 Å². The minimum Gasteiger partial charge on any atom is -0.481 e. The van der Waals surface area contributed by atoms with E-state index in [1.807, 2.05) is 67.6 Å². The van der Waals surface area contributed by atoms with Gasteiger partial charge in [-0.2, -0.15) is 0 Å². The van der Waals surface area contributed by atoms with Crippen LogP contribution in [0, 0.1) is 11.8 Å². The second-order valence-electron chi connectivity index (χ2n) is 6.22. The number of hydroxylamine groups is 1. The molecule has 0 saturated carbocycles. The first-order valence-electron chi connectivity index (χ1n) is 8.84. The first-order valence-corrected chi connectivity index (χ1v) is 8.84. The van der Waals surface area contributed by atoms with Gasteiger partial charge in [-0.1, -0.05) is 67.6 Å². The SMILES string of the molecule is CC[C@@H](C(=O)NOCc1ccccc1)[C@@H](CCc1ccccc1)C(=O)O. The molecule has 0 heterocycles. The Morgan fingerprint density at radius 1 is 0.962 bits per heavy atom. The normalized spacial score (nSPS) is 13.0. The van der Waals surface area contributed by atoms with E-state index >= 15 is 0 Å². The fourth-order valence-corrected chi connectivity index (χ4v) is 2.96. The van der Waals surface area contributed by atoms with Crippen LogP contribution in [0.2, 0.25) is 0 Å². The van der Waals surface area contributed by atoms with Gasteiger partial charge in [0.1, 0.15) is 0 Å². The molecular formula is C21H25NO4. The Hall–Kier alpha value is -2.66. The van der Waals surface area contributed by atoms with E-state index in [1.165, 1.54) is 0 Å². The lowest BCUT2D eigenvalue weighted by atomic mass is 9.85. The average molecular weight is 355 g/mol. The van der Waals surface area contributed by atoms with Gasteiger partial charge >= 0.3 is 5.97 Å². The van der Waals surface area contributed by atoms with Gasteiger partial charge in [0.2, 0.25) is 5.91 Å². The molecule has 2 atom stereocenters. The fourth-order valence-electron chi connectivity index (χ4n) is 2.96. The Labute approximate surface area is 154 Å². The first-order chi connectivity index (χ1) is 12.6. The van der Waals surface area contributed by atoms with Crippen LogP contribution in [0.3, 0.4) is 0 Å². The summed E-state index contributed by atoms with van der Waals surface area (Å²) >= 11 is 0. The van der Waals surface area contributed by atoms with Crippen LogP contribution in [-0.2, 0) is 27.5 Å². The van der Waals surface area contributed by atoms with Crippen molar-refractivity contribution in [3.05, 3.63) is 71.8 Å². The van der Waals surface area contributed by atoms with E-state index in [9.17, 15) is 14.7 Å². The number of benzene rings is 2. The number of hydrogen-bond donors (Lipinski definition) is 2. The van der Waals surface area contributed by atoms with Crippen LogP contribution in [0.15, 0.2) is 60.7 Å². The third-order valence-corrected chi connectivity index (χ3v) is 4.42. The molecule has 0 bridgehead atoms. The van der Waals surface area contributed by atoms with E-state index in [2.05, 4.69) is 5.48 Å². The van der Waals surface area contributed by atoms with Crippen molar-refractivity contribution in [2.75, 3.05) is 0 Å². The van der Waals surface area contributed by atoms with Gasteiger partial charge in [0.05, 0.1) is 18.4 Å². The molecule has 26 heavy (non-hydrogen) atoms. The van der Waals surface area contributed by atoms with Crippen molar-refractivity contribution in [2.24, 2.45) is 11.8 Å². The lowest BCUT2D eigenvalue weighted by molar-refractivity contribution is -0.152. The minimum absolute atomic E-state index is 0.241. The molecule has 5 nitrogen and oxygen atoms in total. The molecule has 138 valence electrons. The fraction of sp³-hybridized carbons (Fsp3) is 0.333. The lowest BCUT2D eigenvalue weighted by Gasteiger charge is -2.22. The van der Waals surface area contributed by atoms with E-state index in [0.717, 1.165) is 11.1 Å². The van der Waals surface area contributed by atoms with Gasteiger partial charge in [0, 0.05) is 0 Å². The molecule has 2 aromatic carbocycles. The van der Waals surface area contributed by atoms with Gasteiger partial charge in [-0.05, 0) is 30.4 Å². The maximum Gasteiger partial charge on any atom is 0.307 e. The zero-order valence-electron chi connectivity index (χ0n) is 14.9. The first kappa shape index (κ1) is 19.7. The molecule has 0 saturated heterocycles. The van der Waals surface area contributed by atoms with Crippen LogP contribution in [0.1, 0.15) is 30.9 Å².